The monoisotopic (exact) mass is 183 g/mol. The molecule has 2 nitrogen and oxygen atoms in total. The molecule has 1 N–H and O–H groups in total. The first kappa shape index (κ1) is 9.47. The van der Waals surface area contributed by atoms with Crippen LogP contribution in [0.15, 0.2) is 0 Å². The molecular weight excluding hydrogens is 162 g/mol. The molecule has 1 saturated carbocycles. The molecule has 2 heteroatoms. The molecule has 1 aliphatic carbocycles. The molecule has 0 aromatic carbocycles. The molecule has 0 spiro atoms. The minimum atomic E-state index is 0.545. The summed E-state index contributed by atoms with van der Waals surface area (Å²) in [5.74, 6) is 0. The Balaban J connectivity index is 1.56. The Morgan fingerprint density at radius 2 is 2.00 bits per heavy atom. The highest BCUT2D eigenvalue weighted by atomic mass is 16.5. The number of nitrogens with one attached hydrogen (secondary N) is 1. The van der Waals surface area contributed by atoms with Crippen LogP contribution in [0.1, 0.15) is 39.0 Å². The van der Waals surface area contributed by atoms with Crippen LogP contribution in [0.4, 0.5) is 0 Å². The molecule has 76 valence electrons. The van der Waals surface area contributed by atoms with Crippen molar-refractivity contribution >= 4 is 0 Å². The second kappa shape index (κ2) is 3.97. The number of piperidine rings is 1. The lowest BCUT2D eigenvalue weighted by Crippen LogP contribution is -2.32. The number of rotatable bonds is 4. The van der Waals surface area contributed by atoms with E-state index in [1.54, 1.807) is 0 Å². The van der Waals surface area contributed by atoms with Crippen LogP contribution in [0, 0.1) is 5.41 Å². The summed E-state index contributed by atoms with van der Waals surface area (Å²) < 4.78 is 5.86. The van der Waals surface area contributed by atoms with Gasteiger partial charge in [0.05, 0.1) is 6.10 Å². The van der Waals surface area contributed by atoms with Gasteiger partial charge in [0.15, 0.2) is 0 Å². The minimum absolute atomic E-state index is 0.545. The highest BCUT2D eigenvalue weighted by molar-refractivity contribution is 4.88. The van der Waals surface area contributed by atoms with E-state index < -0.39 is 0 Å². The van der Waals surface area contributed by atoms with E-state index in [2.05, 4.69) is 12.2 Å². The first-order valence-electron chi connectivity index (χ1n) is 5.61. The molecule has 0 aromatic heterocycles. The molecule has 0 bridgehead atoms. The van der Waals surface area contributed by atoms with Crippen molar-refractivity contribution in [3.05, 3.63) is 0 Å². The van der Waals surface area contributed by atoms with E-state index in [9.17, 15) is 0 Å². The largest absolute Gasteiger partial charge is 0.378 e. The van der Waals surface area contributed by atoms with Crippen LogP contribution in [0.5, 0.6) is 0 Å². The van der Waals surface area contributed by atoms with Gasteiger partial charge < -0.3 is 10.1 Å². The molecule has 0 atom stereocenters. The summed E-state index contributed by atoms with van der Waals surface area (Å²) in [6, 6.07) is 0. The minimum Gasteiger partial charge on any atom is -0.378 e. The van der Waals surface area contributed by atoms with E-state index in [0.717, 1.165) is 19.7 Å². The van der Waals surface area contributed by atoms with Crippen LogP contribution in [0.2, 0.25) is 0 Å². The van der Waals surface area contributed by atoms with Crippen molar-refractivity contribution in [2.75, 3.05) is 19.7 Å². The van der Waals surface area contributed by atoms with Crippen molar-refractivity contribution < 1.29 is 4.74 Å². The van der Waals surface area contributed by atoms with Crippen molar-refractivity contribution in [3.8, 4) is 0 Å². The lowest BCUT2D eigenvalue weighted by molar-refractivity contribution is 0.0249. The lowest BCUT2D eigenvalue weighted by atomic mass is 10.1. The van der Waals surface area contributed by atoms with E-state index in [4.69, 9.17) is 4.74 Å². The topological polar surface area (TPSA) is 21.3 Å². The summed E-state index contributed by atoms with van der Waals surface area (Å²) in [5.41, 5.74) is 0.660. The maximum Gasteiger partial charge on any atom is 0.0599 e. The van der Waals surface area contributed by atoms with Crippen LogP contribution in [-0.4, -0.2) is 25.8 Å². The average Bonchev–Trinajstić information content (AvgIpc) is 2.86. The first-order chi connectivity index (χ1) is 6.29. The maximum atomic E-state index is 5.86. The Bertz CT molecular complexity index is 159. The molecule has 2 rings (SSSR count). The van der Waals surface area contributed by atoms with E-state index in [-0.39, 0.29) is 0 Å². The molecule has 0 unspecified atom stereocenters. The number of hydrogen-bond acceptors (Lipinski definition) is 2. The molecular formula is C11H21NO. The molecule has 0 aromatic rings. The zero-order valence-electron chi connectivity index (χ0n) is 8.64. The van der Waals surface area contributed by atoms with E-state index in [1.807, 2.05) is 0 Å². The Labute approximate surface area is 81.0 Å². The Morgan fingerprint density at radius 3 is 2.62 bits per heavy atom. The Morgan fingerprint density at radius 1 is 1.31 bits per heavy atom. The summed E-state index contributed by atoms with van der Waals surface area (Å²) >= 11 is 0. The third kappa shape index (κ3) is 2.96. The van der Waals surface area contributed by atoms with Gasteiger partial charge in [-0.15, -0.1) is 0 Å². The van der Waals surface area contributed by atoms with Gasteiger partial charge in [0, 0.05) is 6.61 Å². The van der Waals surface area contributed by atoms with Crippen molar-refractivity contribution in [1.82, 2.24) is 5.32 Å². The zero-order chi connectivity index (χ0) is 9.15. The second-order valence-electron chi connectivity index (χ2n) is 4.88. The van der Waals surface area contributed by atoms with Crippen LogP contribution in [-0.2, 0) is 4.74 Å². The molecule has 2 aliphatic rings. The summed E-state index contributed by atoms with van der Waals surface area (Å²) in [6.45, 7) is 5.64. The van der Waals surface area contributed by atoms with Crippen molar-refractivity contribution in [2.24, 2.45) is 5.41 Å². The third-order valence-corrected chi connectivity index (χ3v) is 3.45. The average molecular weight is 183 g/mol. The second-order valence-corrected chi connectivity index (χ2v) is 4.88. The standard InChI is InChI=1S/C11H21NO/c1-11(4-5-11)6-9-13-10-2-7-12-8-3-10/h10,12H,2-9H2,1H3. The fourth-order valence-electron chi connectivity index (χ4n) is 1.90. The number of hydrogen-bond donors (Lipinski definition) is 1. The van der Waals surface area contributed by atoms with Gasteiger partial charge in [-0.1, -0.05) is 6.92 Å². The fraction of sp³-hybridized carbons (Fsp3) is 1.00. The predicted octanol–water partition coefficient (Wildman–Crippen LogP) is 1.95. The first-order valence-corrected chi connectivity index (χ1v) is 5.61. The molecule has 0 radical (unpaired) electrons. The van der Waals surface area contributed by atoms with Crippen molar-refractivity contribution in [1.29, 1.82) is 0 Å². The van der Waals surface area contributed by atoms with Gasteiger partial charge >= 0.3 is 0 Å². The fourth-order valence-corrected chi connectivity index (χ4v) is 1.90. The highest BCUT2D eigenvalue weighted by Crippen LogP contribution is 2.48. The summed E-state index contributed by atoms with van der Waals surface area (Å²) in [4.78, 5) is 0. The van der Waals surface area contributed by atoms with Gasteiger partial charge in [-0.05, 0) is 50.6 Å². The smallest absolute Gasteiger partial charge is 0.0599 e. The van der Waals surface area contributed by atoms with Gasteiger partial charge in [0.1, 0.15) is 0 Å². The molecule has 1 saturated heterocycles. The third-order valence-electron chi connectivity index (χ3n) is 3.45. The zero-order valence-corrected chi connectivity index (χ0v) is 8.64. The van der Waals surface area contributed by atoms with Crippen molar-refractivity contribution in [3.63, 3.8) is 0 Å². The number of ether oxygens (including phenoxy) is 1. The van der Waals surface area contributed by atoms with Crippen LogP contribution in [0.25, 0.3) is 0 Å². The molecule has 1 heterocycles. The van der Waals surface area contributed by atoms with Crippen LogP contribution >= 0.6 is 0 Å². The van der Waals surface area contributed by atoms with Gasteiger partial charge in [0.2, 0.25) is 0 Å². The highest BCUT2D eigenvalue weighted by Gasteiger charge is 2.36. The SMILES string of the molecule is CC1(CCOC2CCNCC2)CC1. The van der Waals surface area contributed by atoms with Gasteiger partial charge in [-0.25, -0.2) is 0 Å². The lowest BCUT2D eigenvalue weighted by Gasteiger charge is -2.23. The Hall–Kier alpha value is -0.0800. The molecule has 2 fully saturated rings. The van der Waals surface area contributed by atoms with E-state index in [0.29, 0.717) is 11.5 Å². The predicted molar refractivity (Wildman–Crippen MR) is 53.8 cm³/mol. The molecule has 0 amide bonds. The Kier molecular flexibility index (Phi) is 2.89. The quantitative estimate of drug-likeness (QED) is 0.719. The van der Waals surface area contributed by atoms with E-state index in [1.165, 1.54) is 32.1 Å². The normalized spacial score (nSPS) is 27.5. The molecule has 1 aliphatic heterocycles. The summed E-state index contributed by atoms with van der Waals surface area (Å²) in [6.07, 6.45) is 7.07. The van der Waals surface area contributed by atoms with E-state index >= 15 is 0 Å². The van der Waals surface area contributed by atoms with Gasteiger partial charge in [-0.3, -0.25) is 0 Å². The summed E-state index contributed by atoms with van der Waals surface area (Å²) in [7, 11) is 0. The van der Waals surface area contributed by atoms with Gasteiger partial charge in [0.25, 0.3) is 0 Å². The van der Waals surface area contributed by atoms with Crippen molar-refractivity contribution in [2.45, 2.75) is 45.1 Å². The molecule has 13 heavy (non-hydrogen) atoms. The van der Waals surface area contributed by atoms with Gasteiger partial charge in [-0.2, -0.15) is 0 Å². The van der Waals surface area contributed by atoms with Crippen LogP contribution < -0.4 is 5.32 Å². The maximum absolute atomic E-state index is 5.86. The summed E-state index contributed by atoms with van der Waals surface area (Å²) in [5, 5.41) is 3.35. The van der Waals surface area contributed by atoms with Crippen LogP contribution in [0.3, 0.4) is 0 Å².